The molecule has 40 heavy (non-hydrogen) atoms. The number of hydrogen-bond donors (Lipinski definition) is 0. The molecule has 0 aromatic carbocycles. The van der Waals surface area contributed by atoms with E-state index in [1.54, 1.807) is 14.2 Å². The van der Waals surface area contributed by atoms with Gasteiger partial charge in [-0.05, 0) is 124 Å². The van der Waals surface area contributed by atoms with Crippen molar-refractivity contribution in [1.29, 1.82) is 0 Å². The molecule has 0 aliphatic heterocycles. The van der Waals surface area contributed by atoms with Crippen LogP contribution in [0.5, 0.6) is 0 Å². The number of nitrogens with zero attached hydrogens (tertiary/aromatic N) is 4. The molecule has 0 spiro atoms. The van der Waals surface area contributed by atoms with Gasteiger partial charge >= 0.3 is 0 Å². The van der Waals surface area contributed by atoms with E-state index in [0.717, 1.165) is 0 Å². The number of ether oxygens (including phenoxy) is 2. The third kappa shape index (κ3) is 17.7. The first-order chi connectivity index (χ1) is 17.6. The van der Waals surface area contributed by atoms with Crippen LogP contribution in [0.2, 0.25) is 0 Å². The summed E-state index contributed by atoms with van der Waals surface area (Å²) in [6.45, 7) is 31.4. The zero-order chi connectivity index (χ0) is 31.9. The van der Waals surface area contributed by atoms with Crippen LogP contribution < -0.4 is 0 Å². The van der Waals surface area contributed by atoms with Crippen molar-refractivity contribution in [2.24, 2.45) is 20.5 Å². The molecule has 0 aliphatic rings. The molecule has 2 unspecified atom stereocenters. The maximum atomic E-state index is 5.99. The van der Waals surface area contributed by atoms with Crippen LogP contribution in [0.3, 0.4) is 0 Å². The van der Waals surface area contributed by atoms with Gasteiger partial charge in [0, 0.05) is 27.1 Å². The largest absolute Gasteiger partial charge is 0.379 e. The average Bonchev–Trinajstić information content (AvgIpc) is 2.77. The summed E-state index contributed by atoms with van der Waals surface area (Å²) in [7, 11) is 3.34. The maximum absolute atomic E-state index is 5.99. The third-order valence-electron chi connectivity index (χ3n) is 5.96. The summed E-state index contributed by atoms with van der Waals surface area (Å²) in [5.41, 5.74) is -5.04. The van der Waals surface area contributed by atoms with Gasteiger partial charge in [-0.25, -0.2) is 19.6 Å². The zero-order valence-electron chi connectivity index (χ0n) is 29.1. The summed E-state index contributed by atoms with van der Waals surface area (Å²) in [5.74, 6) is 0. The zero-order valence-corrected chi connectivity index (χ0v) is 29.1. The summed E-state index contributed by atoms with van der Waals surface area (Å²) >= 11 is 0. The van der Waals surface area contributed by atoms with Crippen molar-refractivity contribution < 1.29 is 29.0 Å². The minimum Gasteiger partial charge on any atom is -0.379 e. The quantitative estimate of drug-likeness (QED) is 0.0976. The standard InChI is InChI=1S/C30H62N4O6/c1-23(2,3)31-33-29(15,21-27(11,12)35-17)39-37-25(7,8)19-20-26(9,10)38-40-30(16,22-28(13,14)36-18)34-32-24(4,5)6/h19-22H2,1-18H3. The smallest absolute Gasteiger partial charge is 0.212 e. The minimum atomic E-state index is -1.03. The van der Waals surface area contributed by atoms with E-state index < -0.39 is 33.9 Å². The van der Waals surface area contributed by atoms with Crippen LogP contribution in [0.4, 0.5) is 0 Å². The molecule has 10 heteroatoms. The molecule has 0 saturated carbocycles. The molecule has 0 N–H and O–H groups in total. The summed E-state index contributed by atoms with van der Waals surface area (Å²) in [6.07, 6.45) is 2.14. The lowest BCUT2D eigenvalue weighted by Crippen LogP contribution is -2.42. The summed E-state index contributed by atoms with van der Waals surface area (Å²) in [6, 6.07) is 0. The molecule has 0 aromatic rings. The molecular formula is C30H62N4O6. The Kier molecular flexibility index (Phi) is 13.6. The first-order valence-corrected chi connectivity index (χ1v) is 14.3. The highest BCUT2D eigenvalue weighted by molar-refractivity contribution is 4.84. The fourth-order valence-corrected chi connectivity index (χ4v) is 3.49. The van der Waals surface area contributed by atoms with Gasteiger partial charge in [0.1, 0.15) is 0 Å². The molecule has 0 bridgehead atoms. The maximum Gasteiger partial charge on any atom is 0.212 e. The van der Waals surface area contributed by atoms with Crippen molar-refractivity contribution in [1.82, 2.24) is 0 Å². The van der Waals surface area contributed by atoms with Gasteiger partial charge in [-0.2, -0.15) is 20.5 Å². The molecule has 0 fully saturated rings. The van der Waals surface area contributed by atoms with Crippen LogP contribution in [0.1, 0.15) is 136 Å². The minimum absolute atomic E-state index is 0.349. The van der Waals surface area contributed by atoms with E-state index >= 15 is 0 Å². The fraction of sp³-hybridized carbons (Fsp3) is 1.00. The molecule has 0 saturated heterocycles. The topological polar surface area (TPSA) is 105 Å². The SMILES string of the molecule is COC(C)(C)CC(C)(N=NC(C)(C)C)OOC(C)(C)CCC(C)(C)OOC(C)(CC(C)(C)OC)N=NC(C)(C)C. The predicted octanol–water partition coefficient (Wildman–Crippen LogP) is 8.78. The first kappa shape index (κ1) is 39.0. The second-order valence-electron chi connectivity index (χ2n) is 15.7. The van der Waals surface area contributed by atoms with E-state index in [1.807, 2.05) is 111 Å². The van der Waals surface area contributed by atoms with Crippen LogP contribution in [0.25, 0.3) is 0 Å². The first-order valence-electron chi connectivity index (χ1n) is 14.3. The van der Waals surface area contributed by atoms with Crippen LogP contribution in [-0.2, 0) is 29.0 Å². The van der Waals surface area contributed by atoms with E-state index in [-0.39, 0.29) is 11.1 Å². The molecule has 238 valence electrons. The highest BCUT2D eigenvalue weighted by Crippen LogP contribution is 2.35. The molecular weight excluding hydrogens is 512 g/mol. The van der Waals surface area contributed by atoms with Gasteiger partial charge in [-0.3, -0.25) is 0 Å². The monoisotopic (exact) mass is 574 g/mol. The Labute approximate surface area is 245 Å². The van der Waals surface area contributed by atoms with E-state index in [1.165, 1.54) is 0 Å². The van der Waals surface area contributed by atoms with E-state index in [0.29, 0.717) is 25.7 Å². The average molecular weight is 575 g/mol. The van der Waals surface area contributed by atoms with E-state index in [4.69, 9.17) is 29.0 Å². The lowest BCUT2D eigenvalue weighted by molar-refractivity contribution is -0.421. The van der Waals surface area contributed by atoms with Gasteiger partial charge in [0.2, 0.25) is 11.4 Å². The highest BCUT2D eigenvalue weighted by Gasteiger charge is 2.40. The van der Waals surface area contributed by atoms with Crippen LogP contribution >= 0.6 is 0 Å². The molecule has 0 aromatic heterocycles. The second-order valence-corrected chi connectivity index (χ2v) is 15.7. The molecule has 0 aliphatic carbocycles. The molecule has 0 rings (SSSR count). The van der Waals surface area contributed by atoms with Gasteiger partial charge in [0.15, 0.2) is 0 Å². The Bertz CT molecular complexity index is 759. The summed E-state index contributed by atoms with van der Waals surface area (Å²) < 4.78 is 11.3. The molecule has 0 heterocycles. The number of hydrogen-bond acceptors (Lipinski definition) is 10. The molecule has 0 amide bonds. The Balaban J connectivity index is 5.50. The predicted molar refractivity (Wildman–Crippen MR) is 159 cm³/mol. The van der Waals surface area contributed by atoms with Crippen molar-refractivity contribution in [2.75, 3.05) is 14.2 Å². The second kappa shape index (κ2) is 14.0. The van der Waals surface area contributed by atoms with Crippen molar-refractivity contribution in [3.05, 3.63) is 0 Å². The van der Waals surface area contributed by atoms with Crippen LogP contribution in [-0.4, -0.2) is 59.2 Å². The van der Waals surface area contributed by atoms with Gasteiger partial charge in [-0.15, -0.1) is 0 Å². The van der Waals surface area contributed by atoms with Crippen molar-refractivity contribution in [3.8, 4) is 0 Å². The van der Waals surface area contributed by atoms with Crippen molar-refractivity contribution in [3.63, 3.8) is 0 Å². The Morgan fingerprint density at radius 1 is 0.375 bits per heavy atom. The lowest BCUT2D eigenvalue weighted by atomic mass is 9.94. The van der Waals surface area contributed by atoms with Crippen molar-refractivity contribution in [2.45, 2.75) is 181 Å². The van der Waals surface area contributed by atoms with Crippen LogP contribution in [0.15, 0.2) is 20.5 Å². The van der Waals surface area contributed by atoms with E-state index in [9.17, 15) is 0 Å². The number of rotatable bonds is 17. The Morgan fingerprint density at radius 2 is 0.650 bits per heavy atom. The van der Waals surface area contributed by atoms with Crippen LogP contribution in [0, 0.1) is 0 Å². The Hall–Kier alpha value is -1.04. The lowest BCUT2D eigenvalue weighted by Gasteiger charge is -2.37. The fourth-order valence-electron chi connectivity index (χ4n) is 3.49. The number of methoxy groups -OCH3 is 2. The van der Waals surface area contributed by atoms with Gasteiger partial charge in [0.25, 0.3) is 0 Å². The highest BCUT2D eigenvalue weighted by atomic mass is 17.2. The third-order valence-corrected chi connectivity index (χ3v) is 5.96. The van der Waals surface area contributed by atoms with E-state index in [2.05, 4.69) is 20.5 Å². The van der Waals surface area contributed by atoms with Crippen molar-refractivity contribution >= 4 is 0 Å². The normalized spacial score (nSPS) is 17.9. The Morgan fingerprint density at radius 3 is 0.875 bits per heavy atom. The molecule has 10 nitrogen and oxygen atoms in total. The van der Waals surface area contributed by atoms with Gasteiger partial charge < -0.3 is 9.47 Å². The summed E-state index contributed by atoms with van der Waals surface area (Å²) in [5, 5.41) is 17.9. The molecule has 2 atom stereocenters. The summed E-state index contributed by atoms with van der Waals surface area (Å²) in [4.78, 5) is 24.0. The van der Waals surface area contributed by atoms with Gasteiger partial charge in [-0.1, -0.05) is 0 Å². The molecule has 0 radical (unpaired) electrons. The number of azo groups is 2. The van der Waals surface area contributed by atoms with Gasteiger partial charge in [0.05, 0.1) is 33.5 Å².